The molecule has 0 unspecified atom stereocenters. The second-order valence-corrected chi connectivity index (χ2v) is 4.44. The molecule has 3 aromatic rings. The average molecular weight is 272 g/mol. The topological polar surface area (TPSA) is 65.0 Å². The minimum absolute atomic E-state index is 0.134. The molecule has 0 saturated carbocycles. The van der Waals surface area contributed by atoms with Crippen LogP contribution < -0.4 is 4.90 Å². The maximum atomic E-state index is 14.0. The summed E-state index contributed by atoms with van der Waals surface area (Å²) in [4.78, 5) is 13.0. The van der Waals surface area contributed by atoms with Crippen LogP contribution in [0, 0.1) is 5.82 Å². The van der Waals surface area contributed by atoms with Gasteiger partial charge in [0.25, 0.3) is 0 Å². The fourth-order valence-corrected chi connectivity index (χ4v) is 2.15. The predicted molar refractivity (Wildman–Crippen MR) is 74.3 cm³/mol. The molecule has 2 heterocycles. The Morgan fingerprint density at radius 2 is 2.15 bits per heavy atom. The van der Waals surface area contributed by atoms with Crippen molar-refractivity contribution in [3.05, 3.63) is 48.2 Å². The Labute approximate surface area is 114 Å². The van der Waals surface area contributed by atoms with Gasteiger partial charge in [-0.2, -0.15) is 0 Å². The molecule has 3 rings (SSSR count). The molecule has 0 bridgehead atoms. The standard InChI is InChI=1S/C14H13FN4O/c1-19(12-6-9(7-20)2-3-11(12)15)14-10-4-5-16-13(10)17-8-18-14/h2-6,8,20H,7H2,1H3,(H,16,17,18). The number of rotatable bonds is 3. The van der Waals surface area contributed by atoms with Crippen molar-refractivity contribution in [1.82, 2.24) is 15.0 Å². The number of nitrogens with zero attached hydrogens (tertiary/aromatic N) is 3. The van der Waals surface area contributed by atoms with Crippen molar-refractivity contribution in [2.45, 2.75) is 6.61 Å². The van der Waals surface area contributed by atoms with Crippen molar-refractivity contribution in [1.29, 1.82) is 0 Å². The molecule has 0 aliphatic carbocycles. The van der Waals surface area contributed by atoms with Gasteiger partial charge in [-0.25, -0.2) is 14.4 Å². The van der Waals surface area contributed by atoms with Crippen LogP contribution >= 0.6 is 0 Å². The summed E-state index contributed by atoms with van der Waals surface area (Å²) in [6.45, 7) is -0.134. The summed E-state index contributed by atoms with van der Waals surface area (Å²) >= 11 is 0. The third-order valence-electron chi connectivity index (χ3n) is 3.21. The molecule has 1 aromatic carbocycles. The highest BCUT2D eigenvalue weighted by molar-refractivity contribution is 5.89. The van der Waals surface area contributed by atoms with E-state index in [0.717, 1.165) is 5.39 Å². The van der Waals surface area contributed by atoms with Gasteiger partial charge >= 0.3 is 0 Å². The molecule has 0 saturated heterocycles. The van der Waals surface area contributed by atoms with Crippen molar-refractivity contribution in [2.75, 3.05) is 11.9 Å². The monoisotopic (exact) mass is 272 g/mol. The zero-order chi connectivity index (χ0) is 14.1. The molecular formula is C14H13FN4O. The Morgan fingerprint density at radius 3 is 2.95 bits per heavy atom. The summed E-state index contributed by atoms with van der Waals surface area (Å²) in [5.74, 6) is 0.234. The average Bonchev–Trinajstić information content (AvgIpc) is 2.95. The van der Waals surface area contributed by atoms with Gasteiger partial charge in [-0.1, -0.05) is 6.07 Å². The van der Waals surface area contributed by atoms with E-state index in [9.17, 15) is 9.50 Å². The molecule has 2 aromatic heterocycles. The third-order valence-corrected chi connectivity index (χ3v) is 3.21. The van der Waals surface area contributed by atoms with Crippen LogP contribution in [0.4, 0.5) is 15.9 Å². The Balaban J connectivity index is 2.12. The molecule has 0 radical (unpaired) electrons. The van der Waals surface area contributed by atoms with E-state index in [1.54, 1.807) is 30.3 Å². The highest BCUT2D eigenvalue weighted by Gasteiger charge is 2.14. The number of H-pyrrole nitrogens is 1. The maximum absolute atomic E-state index is 14.0. The van der Waals surface area contributed by atoms with E-state index in [1.165, 1.54) is 12.4 Å². The van der Waals surface area contributed by atoms with Crippen LogP contribution in [0.15, 0.2) is 36.8 Å². The van der Waals surface area contributed by atoms with Crippen LogP contribution in [0.2, 0.25) is 0 Å². The third kappa shape index (κ3) is 2.00. The van der Waals surface area contributed by atoms with Crippen LogP contribution in [0.3, 0.4) is 0 Å². The lowest BCUT2D eigenvalue weighted by atomic mass is 10.2. The number of fused-ring (bicyclic) bond motifs is 1. The number of anilines is 2. The van der Waals surface area contributed by atoms with Crippen molar-refractivity contribution in [3.8, 4) is 0 Å². The summed E-state index contributed by atoms with van der Waals surface area (Å²) in [5.41, 5.74) is 1.70. The van der Waals surface area contributed by atoms with Crippen LogP contribution in [-0.2, 0) is 6.61 Å². The van der Waals surface area contributed by atoms with Crippen LogP contribution in [0.1, 0.15) is 5.56 Å². The minimum atomic E-state index is -0.369. The molecular weight excluding hydrogens is 259 g/mol. The fourth-order valence-electron chi connectivity index (χ4n) is 2.15. The largest absolute Gasteiger partial charge is 0.392 e. The second-order valence-electron chi connectivity index (χ2n) is 4.44. The maximum Gasteiger partial charge on any atom is 0.146 e. The number of hydrogen-bond donors (Lipinski definition) is 2. The number of aromatic nitrogens is 3. The summed E-state index contributed by atoms with van der Waals surface area (Å²) in [5, 5.41) is 9.98. The number of hydrogen-bond acceptors (Lipinski definition) is 4. The van der Waals surface area contributed by atoms with Crippen molar-refractivity contribution < 1.29 is 9.50 Å². The van der Waals surface area contributed by atoms with E-state index in [1.807, 2.05) is 6.07 Å². The summed E-state index contributed by atoms with van der Waals surface area (Å²) < 4.78 is 14.0. The van der Waals surface area contributed by atoms with Gasteiger partial charge in [-0.3, -0.25) is 0 Å². The molecule has 0 atom stereocenters. The van der Waals surface area contributed by atoms with E-state index >= 15 is 0 Å². The van der Waals surface area contributed by atoms with Gasteiger partial charge in [-0.05, 0) is 23.8 Å². The summed E-state index contributed by atoms with van der Waals surface area (Å²) in [6, 6.07) is 6.34. The van der Waals surface area contributed by atoms with Gasteiger partial charge in [0.15, 0.2) is 0 Å². The van der Waals surface area contributed by atoms with E-state index in [4.69, 9.17) is 0 Å². The molecule has 6 heteroatoms. The Kier molecular flexibility index (Phi) is 3.08. The lowest BCUT2D eigenvalue weighted by molar-refractivity contribution is 0.281. The number of aliphatic hydroxyl groups excluding tert-OH is 1. The van der Waals surface area contributed by atoms with Crippen molar-refractivity contribution in [3.63, 3.8) is 0 Å². The van der Waals surface area contributed by atoms with E-state index in [-0.39, 0.29) is 12.4 Å². The predicted octanol–water partition coefficient (Wildman–Crippen LogP) is 2.36. The zero-order valence-corrected chi connectivity index (χ0v) is 10.8. The van der Waals surface area contributed by atoms with Gasteiger partial charge < -0.3 is 15.0 Å². The Bertz CT molecular complexity index is 756. The molecule has 2 N–H and O–H groups in total. The zero-order valence-electron chi connectivity index (χ0n) is 10.8. The fraction of sp³-hybridized carbons (Fsp3) is 0.143. The van der Waals surface area contributed by atoms with Crippen LogP contribution in [-0.4, -0.2) is 27.1 Å². The summed E-state index contributed by atoms with van der Waals surface area (Å²) in [7, 11) is 1.73. The number of halogens is 1. The molecule has 102 valence electrons. The van der Waals surface area contributed by atoms with Gasteiger partial charge in [0.2, 0.25) is 0 Å². The first-order valence-corrected chi connectivity index (χ1v) is 6.12. The van der Waals surface area contributed by atoms with Gasteiger partial charge in [0.05, 0.1) is 17.7 Å². The number of nitrogens with one attached hydrogen (secondary N) is 1. The normalized spacial score (nSPS) is 10.9. The highest BCUT2D eigenvalue weighted by atomic mass is 19.1. The molecule has 5 nitrogen and oxygen atoms in total. The Morgan fingerprint density at radius 1 is 1.30 bits per heavy atom. The minimum Gasteiger partial charge on any atom is -0.392 e. The first kappa shape index (κ1) is 12.6. The first-order valence-electron chi connectivity index (χ1n) is 6.12. The molecule has 20 heavy (non-hydrogen) atoms. The lowest BCUT2D eigenvalue weighted by Crippen LogP contribution is -2.13. The number of aromatic amines is 1. The first-order chi connectivity index (χ1) is 9.70. The smallest absolute Gasteiger partial charge is 0.146 e. The molecule has 0 aliphatic rings. The second kappa shape index (κ2) is 4.90. The summed E-state index contributed by atoms with van der Waals surface area (Å²) in [6.07, 6.45) is 3.19. The van der Waals surface area contributed by atoms with Gasteiger partial charge in [0.1, 0.15) is 23.6 Å². The van der Waals surface area contributed by atoms with Gasteiger partial charge in [-0.15, -0.1) is 0 Å². The lowest BCUT2D eigenvalue weighted by Gasteiger charge is -2.20. The molecule has 0 amide bonds. The number of benzene rings is 1. The number of aliphatic hydroxyl groups is 1. The quantitative estimate of drug-likeness (QED) is 0.768. The van der Waals surface area contributed by atoms with Crippen molar-refractivity contribution >= 4 is 22.5 Å². The van der Waals surface area contributed by atoms with Crippen LogP contribution in [0.5, 0.6) is 0 Å². The van der Waals surface area contributed by atoms with Crippen molar-refractivity contribution in [2.24, 2.45) is 0 Å². The Hall–Kier alpha value is -2.47. The van der Waals surface area contributed by atoms with E-state index < -0.39 is 0 Å². The molecule has 0 spiro atoms. The SMILES string of the molecule is CN(c1cc(CO)ccc1F)c1ncnc2[nH]ccc12. The molecule has 0 fully saturated rings. The van der Waals surface area contributed by atoms with E-state index in [2.05, 4.69) is 15.0 Å². The highest BCUT2D eigenvalue weighted by Crippen LogP contribution is 2.30. The molecule has 0 aliphatic heterocycles. The van der Waals surface area contributed by atoms with Gasteiger partial charge in [0, 0.05) is 13.2 Å². The van der Waals surface area contributed by atoms with E-state index in [0.29, 0.717) is 22.7 Å². The van der Waals surface area contributed by atoms with Crippen LogP contribution in [0.25, 0.3) is 11.0 Å².